The van der Waals surface area contributed by atoms with Crippen molar-refractivity contribution in [1.82, 2.24) is 4.90 Å². The molecule has 1 saturated heterocycles. The molecular formula is C18H25NO. The Kier molecular flexibility index (Phi) is 6.11. The zero-order valence-corrected chi connectivity index (χ0v) is 12.6. The van der Waals surface area contributed by atoms with Gasteiger partial charge in [0.1, 0.15) is 0 Å². The van der Waals surface area contributed by atoms with Crippen molar-refractivity contribution in [2.24, 2.45) is 5.92 Å². The Morgan fingerprint density at radius 1 is 1.10 bits per heavy atom. The highest BCUT2D eigenvalue weighted by Crippen LogP contribution is 2.13. The van der Waals surface area contributed by atoms with Crippen molar-refractivity contribution in [2.45, 2.75) is 32.7 Å². The first-order valence-electron chi connectivity index (χ1n) is 7.64. The Morgan fingerprint density at radius 3 is 2.45 bits per heavy atom. The van der Waals surface area contributed by atoms with Crippen LogP contribution in [0.15, 0.2) is 30.3 Å². The van der Waals surface area contributed by atoms with E-state index in [4.69, 9.17) is 4.74 Å². The van der Waals surface area contributed by atoms with Crippen molar-refractivity contribution in [1.29, 1.82) is 0 Å². The van der Waals surface area contributed by atoms with Crippen LogP contribution in [0.25, 0.3) is 0 Å². The van der Waals surface area contributed by atoms with E-state index in [0.29, 0.717) is 6.04 Å². The first-order valence-corrected chi connectivity index (χ1v) is 7.64. The third-order valence-corrected chi connectivity index (χ3v) is 3.66. The van der Waals surface area contributed by atoms with Crippen LogP contribution in [0, 0.1) is 17.8 Å². The number of hydrogen-bond acceptors (Lipinski definition) is 2. The Labute approximate surface area is 123 Å². The topological polar surface area (TPSA) is 12.5 Å². The molecule has 1 atom stereocenters. The summed E-state index contributed by atoms with van der Waals surface area (Å²) in [5, 5.41) is 0. The average molecular weight is 271 g/mol. The largest absolute Gasteiger partial charge is 0.379 e. The van der Waals surface area contributed by atoms with Gasteiger partial charge >= 0.3 is 0 Å². The minimum atomic E-state index is 0.363. The van der Waals surface area contributed by atoms with Gasteiger partial charge in [-0.2, -0.15) is 0 Å². The summed E-state index contributed by atoms with van der Waals surface area (Å²) in [6, 6.07) is 10.6. The van der Waals surface area contributed by atoms with Crippen LogP contribution in [0.1, 0.15) is 32.3 Å². The molecule has 1 fully saturated rings. The Balaban J connectivity index is 2.03. The molecule has 1 unspecified atom stereocenters. The van der Waals surface area contributed by atoms with Crippen LogP contribution in [0.4, 0.5) is 0 Å². The lowest BCUT2D eigenvalue weighted by molar-refractivity contribution is 0.0251. The third kappa shape index (κ3) is 5.00. The molecule has 1 heterocycles. The maximum Gasteiger partial charge on any atom is 0.0720 e. The molecule has 0 bridgehead atoms. The molecule has 1 aromatic carbocycles. The summed E-state index contributed by atoms with van der Waals surface area (Å²) >= 11 is 0. The fraction of sp³-hybridized carbons (Fsp3) is 0.556. The van der Waals surface area contributed by atoms with E-state index in [2.05, 4.69) is 42.7 Å². The zero-order chi connectivity index (χ0) is 14.2. The normalized spacial score (nSPS) is 17.6. The molecule has 20 heavy (non-hydrogen) atoms. The lowest BCUT2D eigenvalue weighted by Crippen LogP contribution is -2.43. The molecule has 0 spiro atoms. The lowest BCUT2D eigenvalue weighted by Gasteiger charge is -2.31. The molecule has 0 aliphatic carbocycles. The SMILES string of the molecule is CC(C)CCC(C#Cc1ccccc1)N1CCOCC1. The van der Waals surface area contributed by atoms with Crippen molar-refractivity contribution in [3.8, 4) is 11.8 Å². The molecule has 1 aromatic rings. The van der Waals surface area contributed by atoms with Gasteiger partial charge < -0.3 is 4.74 Å². The standard InChI is InChI=1S/C18H25NO/c1-16(2)8-10-18(19-12-14-20-15-13-19)11-9-17-6-4-3-5-7-17/h3-7,16,18H,8,10,12-15H2,1-2H3. The predicted octanol–water partition coefficient (Wildman–Crippen LogP) is 3.18. The van der Waals surface area contributed by atoms with E-state index >= 15 is 0 Å². The van der Waals surface area contributed by atoms with Gasteiger partial charge in [0.25, 0.3) is 0 Å². The number of nitrogens with zero attached hydrogens (tertiary/aromatic N) is 1. The van der Waals surface area contributed by atoms with Gasteiger partial charge in [-0.05, 0) is 30.9 Å². The van der Waals surface area contributed by atoms with Crippen LogP contribution in [0.5, 0.6) is 0 Å². The van der Waals surface area contributed by atoms with E-state index in [9.17, 15) is 0 Å². The second-order valence-electron chi connectivity index (χ2n) is 5.77. The van der Waals surface area contributed by atoms with Crippen molar-refractivity contribution < 1.29 is 4.74 Å². The fourth-order valence-electron chi connectivity index (χ4n) is 2.41. The first-order chi connectivity index (χ1) is 9.75. The fourth-order valence-corrected chi connectivity index (χ4v) is 2.41. The Bertz CT molecular complexity index is 437. The number of ether oxygens (including phenoxy) is 1. The van der Waals surface area contributed by atoms with Crippen LogP contribution in [-0.4, -0.2) is 37.2 Å². The first kappa shape index (κ1) is 15.1. The predicted molar refractivity (Wildman–Crippen MR) is 83.6 cm³/mol. The average Bonchev–Trinajstić information content (AvgIpc) is 2.49. The summed E-state index contributed by atoms with van der Waals surface area (Å²) in [5.41, 5.74) is 1.11. The van der Waals surface area contributed by atoms with Gasteiger partial charge in [0.2, 0.25) is 0 Å². The maximum absolute atomic E-state index is 5.45. The van der Waals surface area contributed by atoms with Crippen LogP contribution < -0.4 is 0 Å². The molecule has 2 heteroatoms. The van der Waals surface area contributed by atoms with Crippen molar-refractivity contribution in [3.05, 3.63) is 35.9 Å². The summed E-state index contributed by atoms with van der Waals surface area (Å²) < 4.78 is 5.45. The molecule has 1 aliphatic rings. The minimum absolute atomic E-state index is 0.363. The van der Waals surface area contributed by atoms with Gasteiger partial charge in [-0.3, -0.25) is 4.90 Å². The maximum atomic E-state index is 5.45. The molecular weight excluding hydrogens is 246 g/mol. The van der Waals surface area contributed by atoms with Crippen LogP contribution in [0.2, 0.25) is 0 Å². The molecule has 108 valence electrons. The van der Waals surface area contributed by atoms with Crippen LogP contribution >= 0.6 is 0 Å². The van der Waals surface area contributed by atoms with E-state index in [1.54, 1.807) is 0 Å². The Morgan fingerprint density at radius 2 is 1.80 bits per heavy atom. The monoisotopic (exact) mass is 271 g/mol. The van der Waals surface area contributed by atoms with E-state index in [0.717, 1.165) is 44.2 Å². The molecule has 2 nitrogen and oxygen atoms in total. The summed E-state index contributed by atoms with van der Waals surface area (Å²) in [6.07, 6.45) is 2.38. The van der Waals surface area contributed by atoms with Gasteiger partial charge in [-0.25, -0.2) is 0 Å². The molecule has 1 aliphatic heterocycles. The van der Waals surface area contributed by atoms with Gasteiger partial charge in [0.05, 0.1) is 19.3 Å². The molecule has 0 aromatic heterocycles. The van der Waals surface area contributed by atoms with Crippen molar-refractivity contribution in [2.75, 3.05) is 26.3 Å². The third-order valence-electron chi connectivity index (χ3n) is 3.66. The molecule has 0 saturated carbocycles. The highest BCUT2D eigenvalue weighted by Gasteiger charge is 2.19. The van der Waals surface area contributed by atoms with Crippen LogP contribution in [-0.2, 0) is 4.74 Å². The summed E-state index contributed by atoms with van der Waals surface area (Å²) in [5.74, 6) is 7.55. The van der Waals surface area contributed by atoms with E-state index in [-0.39, 0.29) is 0 Å². The van der Waals surface area contributed by atoms with E-state index in [1.165, 1.54) is 6.42 Å². The lowest BCUT2D eigenvalue weighted by atomic mass is 10.0. The second-order valence-corrected chi connectivity index (χ2v) is 5.77. The van der Waals surface area contributed by atoms with Gasteiger partial charge in [0.15, 0.2) is 0 Å². The molecule has 0 radical (unpaired) electrons. The Hall–Kier alpha value is -1.30. The van der Waals surface area contributed by atoms with Gasteiger partial charge in [-0.1, -0.05) is 43.9 Å². The number of morpholine rings is 1. The van der Waals surface area contributed by atoms with Gasteiger partial charge in [0, 0.05) is 18.7 Å². The second kappa shape index (κ2) is 8.09. The number of benzene rings is 1. The highest BCUT2D eigenvalue weighted by atomic mass is 16.5. The summed E-state index contributed by atoms with van der Waals surface area (Å²) in [4.78, 5) is 2.47. The van der Waals surface area contributed by atoms with Gasteiger partial charge in [-0.15, -0.1) is 0 Å². The number of hydrogen-bond donors (Lipinski definition) is 0. The molecule has 2 rings (SSSR count). The van der Waals surface area contributed by atoms with E-state index in [1.807, 2.05) is 18.2 Å². The quantitative estimate of drug-likeness (QED) is 0.780. The van der Waals surface area contributed by atoms with Crippen molar-refractivity contribution in [3.63, 3.8) is 0 Å². The molecule has 0 N–H and O–H groups in total. The summed E-state index contributed by atoms with van der Waals surface area (Å²) in [6.45, 7) is 8.25. The zero-order valence-electron chi connectivity index (χ0n) is 12.6. The number of rotatable bonds is 4. The molecule has 0 amide bonds. The van der Waals surface area contributed by atoms with Crippen molar-refractivity contribution >= 4 is 0 Å². The minimum Gasteiger partial charge on any atom is -0.379 e. The highest BCUT2D eigenvalue weighted by molar-refractivity contribution is 5.34. The van der Waals surface area contributed by atoms with E-state index < -0.39 is 0 Å². The van der Waals surface area contributed by atoms with Crippen LogP contribution in [0.3, 0.4) is 0 Å². The smallest absolute Gasteiger partial charge is 0.0720 e. The summed E-state index contributed by atoms with van der Waals surface area (Å²) in [7, 11) is 0.